The minimum Gasteiger partial charge on any atom is -0.323 e. The van der Waals surface area contributed by atoms with E-state index in [0.717, 1.165) is 48.1 Å². The molecule has 1 aliphatic rings. The number of nitrogens with one attached hydrogen (secondary N) is 2. The molecule has 0 aliphatic carbocycles. The van der Waals surface area contributed by atoms with Crippen molar-refractivity contribution in [3.63, 3.8) is 0 Å². The number of amides is 1. The summed E-state index contributed by atoms with van der Waals surface area (Å²) in [5.41, 5.74) is 2.33. The van der Waals surface area contributed by atoms with Gasteiger partial charge >= 0.3 is 0 Å². The molecule has 6 nitrogen and oxygen atoms in total. The Bertz CT molecular complexity index is 614. The number of nitrogens with zero attached hydrogens (tertiary/aromatic N) is 3. The van der Waals surface area contributed by atoms with Crippen molar-refractivity contribution in [3.8, 4) is 0 Å². The molecule has 7 heteroatoms. The van der Waals surface area contributed by atoms with Crippen LogP contribution in [0, 0.1) is 0 Å². The predicted octanol–water partition coefficient (Wildman–Crippen LogP) is 0.923. The summed E-state index contributed by atoms with van der Waals surface area (Å²) in [5.74, 6) is -0.000694. The summed E-state index contributed by atoms with van der Waals surface area (Å²) in [6, 6.07) is 6.02. The lowest BCUT2D eigenvalue weighted by atomic mass is 10.2. The van der Waals surface area contributed by atoms with Gasteiger partial charge in [-0.2, -0.15) is 8.75 Å². The molecule has 1 aromatic carbocycles. The van der Waals surface area contributed by atoms with Crippen LogP contribution >= 0.6 is 11.7 Å². The van der Waals surface area contributed by atoms with Crippen LogP contribution in [-0.2, 0) is 4.79 Å². The number of carbonyl (C=O) groups excluding carboxylic acids is 1. The zero-order valence-corrected chi connectivity index (χ0v) is 12.1. The Morgan fingerprint density at radius 1 is 1.55 bits per heavy atom. The number of hydrogen-bond donors (Lipinski definition) is 2. The molecule has 2 heterocycles. The average molecular weight is 291 g/mol. The van der Waals surface area contributed by atoms with Gasteiger partial charge in [-0.1, -0.05) is 6.07 Å². The number of fused-ring (bicyclic) bond motifs is 1. The van der Waals surface area contributed by atoms with E-state index in [4.69, 9.17) is 0 Å². The van der Waals surface area contributed by atoms with Crippen LogP contribution in [0.5, 0.6) is 0 Å². The van der Waals surface area contributed by atoms with Gasteiger partial charge in [-0.15, -0.1) is 0 Å². The molecule has 0 bridgehead atoms. The Morgan fingerprint density at radius 2 is 2.45 bits per heavy atom. The SMILES string of the molecule is CC1CNCCN1CC(=O)Nc1cccc2nsnc12. The van der Waals surface area contributed by atoms with E-state index in [1.165, 1.54) is 0 Å². The fourth-order valence-corrected chi connectivity index (χ4v) is 2.95. The summed E-state index contributed by atoms with van der Waals surface area (Å²) >= 11 is 1.16. The number of benzene rings is 1. The second-order valence-electron chi connectivity index (χ2n) is 5.01. The van der Waals surface area contributed by atoms with E-state index in [-0.39, 0.29) is 5.91 Å². The highest BCUT2D eigenvalue weighted by atomic mass is 32.1. The van der Waals surface area contributed by atoms with Gasteiger partial charge in [0.1, 0.15) is 11.0 Å². The van der Waals surface area contributed by atoms with Gasteiger partial charge in [0.25, 0.3) is 0 Å². The van der Waals surface area contributed by atoms with Gasteiger partial charge in [0.05, 0.1) is 24.0 Å². The molecule has 1 unspecified atom stereocenters. The van der Waals surface area contributed by atoms with E-state index in [0.29, 0.717) is 12.6 Å². The lowest BCUT2D eigenvalue weighted by Gasteiger charge is -2.33. The number of anilines is 1. The summed E-state index contributed by atoms with van der Waals surface area (Å²) in [6.07, 6.45) is 0. The van der Waals surface area contributed by atoms with Crippen LogP contribution in [0.25, 0.3) is 11.0 Å². The first-order chi connectivity index (χ1) is 9.74. The summed E-state index contributed by atoms with van der Waals surface area (Å²) in [4.78, 5) is 14.4. The highest BCUT2D eigenvalue weighted by Crippen LogP contribution is 2.21. The predicted molar refractivity (Wildman–Crippen MR) is 79.9 cm³/mol. The molecule has 2 N–H and O–H groups in total. The van der Waals surface area contributed by atoms with Crippen molar-refractivity contribution in [2.45, 2.75) is 13.0 Å². The molecule has 1 amide bonds. The van der Waals surface area contributed by atoms with Gasteiger partial charge in [-0.25, -0.2) is 0 Å². The molecular weight excluding hydrogens is 274 g/mol. The summed E-state index contributed by atoms with van der Waals surface area (Å²) in [6.45, 7) is 5.31. The molecule has 0 saturated carbocycles. The second kappa shape index (κ2) is 5.82. The van der Waals surface area contributed by atoms with Gasteiger partial charge < -0.3 is 10.6 Å². The van der Waals surface area contributed by atoms with Crippen molar-refractivity contribution in [1.82, 2.24) is 19.0 Å². The lowest BCUT2D eigenvalue weighted by Crippen LogP contribution is -2.51. The third-order valence-electron chi connectivity index (χ3n) is 3.55. The van der Waals surface area contributed by atoms with Crippen LogP contribution in [-0.4, -0.2) is 51.8 Å². The van der Waals surface area contributed by atoms with Crippen LogP contribution in [0.2, 0.25) is 0 Å². The summed E-state index contributed by atoms with van der Waals surface area (Å²) in [5, 5.41) is 6.26. The molecule has 1 aromatic heterocycles. The fraction of sp³-hybridized carbons (Fsp3) is 0.462. The Balaban J connectivity index is 1.68. The number of rotatable bonds is 3. The van der Waals surface area contributed by atoms with Gasteiger partial charge in [-0.05, 0) is 19.1 Å². The quantitative estimate of drug-likeness (QED) is 0.880. The molecule has 1 atom stereocenters. The molecule has 3 rings (SSSR count). The maximum Gasteiger partial charge on any atom is 0.238 e. The van der Waals surface area contributed by atoms with Crippen LogP contribution < -0.4 is 10.6 Å². The Hall–Kier alpha value is -1.57. The molecule has 1 aliphatic heterocycles. The molecule has 0 spiro atoms. The van der Waals surface area contributed by atoms with Crippen LogP contribution in [0.3, 0.4) is 0 Å². The van der Waals surface area contributed by atoms with Crippen molar-refractivity contribution in [2.75, 3.05) is 31.5 Å². The standard InChI is InChI=1S/C13H17N5OS/c1-9-7-14-5-6-18(9)8-12(19)15-10-3-2-4-11-13(10)17-20-16-11/h2-4,9,14H,5-8H2,1H3,(H,15,19). The number of piperazine rings is 1. The minimum absolute atomic E-state index is 0.000694. The number of carbonyl (C=O) groups is 1. The molecule has 1 fully saturated rings. The van der Waals surface area contributed by atoms with Crippen LogP contribution in [0.1, 0.15) is 6.92 Å². The molecule has 2 aromatic rings. The van der Waals surface area contributed by atoms with E-state index >= 15 is 0 Å². The fourth-order valence-electron chi connectivity index (χ4n) is 2.40. The van der Waals surface area contributed by atoms with E-state index in [1.54, 1.807) is 0 Å². The van der Waals surface area contributed by atoms with Crippen molar-refractivity contribution in [3.05, 3.63) is 18.2 Å². The van der Waals surface area contributed by atoms with Crippen molar-refractivity contribution in [2.24, 2.45) is 0 Å². The lowest BCUT2D eigenvalue weighted by molar-refractivity contribution is -0.118. The van der Waals surface area contributed by atoms with Gasteiger partial charge in [0.15, 0.2) is 0 Å². The first-order valence-electron chi connectivity index (χ1n) is 6.70. The van der Waals surface area contributed by atoms with Gasteiger partial charge in [0, 0.05) is 25.7 Å². The molecule has 1 saturated heterocycles. The number of aromatic nitrogens is 2. The third kappa shape index (κ3) is 2.79. The summed E-state index contributed by atoms with van der Waals surface area (Å²) in [7, 11) is 0. The second-order valence-corrected chi connectivity index (χ2v) is 5.54. The van der Waals surface area contributed by atoms with Crippen LogP contribution in [0.15, 0.2) is 18.2 Å². The summed E-state index contributed by atoms with van der Waals surface area (Å²) < 4.78 is 8.40. The van der Waals surface area contributed by atoms with E-state index in [1.807, 2.05) is 18.2 Å². The number of hydrogen-bond acceptors (Lipinski definition) is 6. The largest absolute Gasteiger partial charge is 0.323 e. The van der Waals surface area contributed by atoms with E-state index in [9.17, 15) is 4.79 Å². The maximum atomic E-state index is 12.2. The van der Waals surface area contributed by atoms with Crippen LogP contribution in [0.4, 0.5) is 5.69 Å². The van der Waals surface area contributed by atoms with Crippen molar-refractivity contribution >= 4 is 34.4 Å². The van der Waals surface area contributed by atoms with Crippen molar-refractivity contribution < 1.29 is 4.79 Å². The normalized spacial score (nSPS) is 20.1. The highest BCUT2D eigenvalue weighted by molar-refractivity contribution is 7.00. The average Bonchev–Trinajstić information content (AvgIpc) is 2.91. The molecule has 0 radical (unpaired) electrons. The van der Waals surface area contributed by atoms with E-state index < -0.39 is 0 Å². The Morgan fingerprint density at radius 3 is 3.30 bits per heavy atom. The van der Waals surface area contributed by atoms with Gasteiger partial charge in [-0.3, -0.25) is 9.69 Å². The van der Waals surface area contributed by atoms with E-state index in [2.05, 4.69) is 31.2 Å². The zero-order chi connectivity index (χ0) is 13.9. The minimum atomic E-state index is -0.000694. The molecular formula is C13H17N5OS. The zero-order valence-electron chi connectivity index (χ0n) is 11.3. The molecule has 106 valence electrons. The molecule has 20 heavy (non-hydrogen) atoms. The highest BCUT2D eigenvalue weighted by Gasteiger charge is 2.20. The topological polar surface area (TPSA) is 70.2 Å². The monoisotopic (exact) mass is 291 g/mol. The first kappa shape index (κ1) is 13.4. The van der Waals surface area contributed by atoms with Gasteiger partial charge in [0.2, 0.25) is 5.91 Å². The Kier molecular flexibility index (Phi) is 3.90. The smallest absolute Gasteiger partial charge is 0.238 e. The van der Waals surface area contributed by atoms with Crippen molar-refractivity contribution in [1.29, 1.82) is 0 Å². The first-order valence-corrected chi connectivity index (χ1v) is 7.43. The third-order valence-corrected chi connectivity index (χ3v) is 4.09. The maximum absolute atomic E-state index is 12.2. The Labute approximate surface area is 121 Å².